The molecule has 3 heterocycles. The molecule has 3 aromatic heterocycles. The van der Waals surface area contributed by atoms with Crippen molar-refractivity contribution in [2.24, 2.45) is 0 Å². The Morgan fingerprint density at radius 1 is 0.455 bits per heavy atom. The minimum absolute atomic E-state index is 0.989. The molecule has 0 aliphatic heterocycles. The van der Waals surface area contributed by atoms with Gasteiger partial charge in [0.05, 0.1) is 16.7 Å². The van der Waals surface area contributed by atoms with Crippen LogP contribution in [0, 0.1) is 0 Å². The van der Waals surface area contributed by atoms with E-state index in [0.29, 0.717) is 0 Å². The van der Waals surface area contributed by atoms with Gasteiger partial charge in [-0.15, -0.1) is 11.3 Å². The molecule has 0 N–H and O–H groups in total. The van der Waals surface area contributed by atoms with Crippen molar-refractivity contribution in [3.05, 3.63) is 158 Å². The number of hydrogen-bond donors (Lipinski definition) is 0. The molecule has 2 nitrogen and oxygen atoms in total. The number of thiophene rings is 1. The summed E-state index contributed by atoms with van der Waals surface area (Å²) in [7, 11) is 0. The lowest BCUT2D eigenvalue weighted by molar-refractivity contribution is 1.18. The van der Waals surface area contributed by atoms with E-state index >= 15 is 0 Å². The van der Waals surface area contributed by atoms with Gasteiger partial charge in [0.2, 0.25) is 0 Å². The van der Waals surface area contributed by atoms with Crippen LogP contribution in [-0.2, 0) is 0 Å². The second kappa shape index (κ2) is 10.0. The van der Waals surface area contributed by atoms with E-state index in [0.717, 1.165) is 11.3 Å². The number of benzene rings is 6. The van der Waals surface area contributed by atoms with Gasteiger partial charge >= 0.3 is 0 Å². The van der Waals surface area contributed by atoms with Gasteiger partial charge in [-0.25, -0.2) is 0 Å². The lowest BCUT2D eigenvalue weighted by Gasteiger charge is -2.08. The van der Waals surface area contributed by atoms with Crippen molar-refractivity contribution in [2.45, 2.75) is 0 Å². The number of hydrogen-bond acceptors (Lipinski definition) is 2. The molecule has 6 aromatic carbocycles. The first kappa shape index (κ1) is 25.0. The normalized spacial score (nSPS) is 11.6. The Morgan fingerprint density at radius 2 is 1.09 bits per heavy atom. The maximum atomic E-state index is 4.53. The van der Waals surface area contributed by atoms with E-state index in [2.05, 4.69) is 149 Å². The highest BCUT2D eigenvalue weighted by Crippen LogP contribution is 2.45. The molecule has 0 aliphatic rings. The third-order valence-corrected chi connectivity index (χ3v) is 9.85. The molecule has 3 heteroatoms. The number of nitrogens with zero attached hydrogens (tertiary/aromatic N) is 2. The molecule has 9 aromatic rings. The summed E-state index contributed by atoms with van der Waals surface area (Å²) < 4.78 is 5.07. The highest BCUT2D eigenvalue weighted by molar-refractivity contribution is 7.26. The summed E-state index contributed by atoms with van der Waals surface area (Å²) >= 11 is 1.90. The van der Waals surface area contributed by atoms with E-state index in [-0.39, 0.29) is 0 Å². The number of fused-ring (bicyclic) bond motifs is 7. The Morgan fingerprint density at radius 3 is 1.89 bits per heavy atom. The quantitative estimate of drug-likeness (QED) is 0.203. The average Bonchev–Trinajstić information content (AvgIpc) is 3.64. The van der Waals surface area contributed by atoms with E-state index in [1.165, 1.54) is 69.9 Å². The molecule has 0 bridgehead atoms. The maximum absolute atomic E-state index is 4.53. The van der Waals surface area contributed by atoms with Crippen molar-refractivity contribution in [3.8, 4) is 39.2 Å². The second-order valence-corrected chi connectivity index (χ2v) is 12.3. The van der Waals surface area contributed by atoms with Crippen LogP contribution in [0.1, 0.15) is 0 Å². The molecule has 0 saturated carbocycles. The molecule has 0 unspecified atom stereocenters. The van der Waals surface area contributed by atoms with Gasteiger partial charge in [0.15, 0.2) is 0 Å². The van der Waals surface area contributed by atoms with E-state index in [9.17, 15) is 0 Å². The van der Waals surface area contributed by atoms with Crippen LogP contribution in [0.5, 0.6) is 0 Å². The van der Waals surface area contributed by atoms with Crippen molar-refractivity contribution < 1.29 is 0 Å². The molecule has 9 rings (SSSR count). The zero-order valence-corrected chi connectivity index (χ0v) is 24.6. The molecule has 0 atom stereocenters. The smallest absolute Gasteiger partial charge is 0.0701 e. The topological polar surface area (TPSA) is 17.8 Å². The molecule has 206 valence electrons. The van der Waals surface area contributed by atoms with Crippen molar-refractivity contribution in [3.63, 3.8) is 0 Å². The molecule has 0 spiro atoms. The summed E-state index contributed by atoms with van der Waals surface area (Å²) in [4.78, 5) is 4.53. The lowest BCUT2D eigenvalue weighted by atomic mass is 10.00. The summed E-state index contributed by atoms with van der Waals surface area (Å²) in [6.45, 7) is 0. The zero-order chi connectivity index (χ0) is 29.0. The molecular weight excluding hydrogens is 553 g/mol. The minimum atomic E-state index is 0.989. The summed E-state index contributed by atoms with van der Waals surface area (Å²) in [6, 6.07) is 54.6. The van der Waals surface area contributed by atoms with E-state index in [4.69, 9.17) is 0 Å². The highest BCUT2D eigenvalue weighted by atomic mass is 32.1. The van der Waals surface area contributed by atoms with E-state index in [1.807, 2.05) is 29.7 Å². The Balaban J connectivity index is 1.28. The minimum Gasteiger partial charge on any atom is -0.309 e. The first-order chi connectivity index (χ1) is 21.8. The van der Waals surface area contributed by atoms with Crippen molar-refractivity contribution in [2.75, 3.05) is 0 Å². The molecule has 0 saturated heterocycles. The van der Waals surface area contributed by atoms with E-state index in [1.54, 1.807) is 0 Å². The van der Waals surface area contributed by atoms with Gasteiger partial charge in [0.1, 0.15) is 0 Å². The van der Waals surface area contributed by atoms with Crippen molar-refractivity contribution in [1.29, 1.82) is 0 Å². The summed E-state index contributed by atoms with van der Waals surface area (Å²) in [5, 5.41) is 5.22. The van der Waals surface area contributed by atoms with Crippen molar-refractivity contribution in [1.82, 2.24) is 9.55 Å². The summed E-state index contributed by atoms with van der Waals surface area (Å²) in [6.07, 6.45) is 1.84. The predicted molar refractivity (Wildman–Crippen MR) is 188 cm³/mol. The maximum Gasteiger partial charge on any atom is 0.0701 e. The van der Waals surface area contributed by atoms with Gasteiger partial charge in [0, 0.05) is 48.4 Å². The first-order valence-electron chi connectivity index (χ1n) is 14.9. The fraction of sp³-hybridized carbons (Fsp3) is 0. The largest absolute Gasteiger partial charge is 0.309 e. The van der Waals surface area contributed by atoms with E-state index < -0.39 is 0 Å². The highest BCUT2D eigenvalue weighted by Gasteiger charge is 2.18. The number of para-hydroxylation sites is 1. The number of pyridine rings is 1. The number of rotatable bonds is 4. The molecule has 44 heavy (non-hydrogen) atoms. The fourth-order valence-electron chi connectivity index (χ4n) is 6.55. The van der Waals surface area contributed by atoms with Crippen LogP contribution in [0.25, 0.3) is 81.2 Å². The standard InChI is InChI=1S/C41H26N2S/c1-3-9-27(10-4-1)31-18-20-33-34-21-23-38-40(41(34)44-39(33)26-31)35-25-30(19-22-37(35)43(38)32-11-5-2-6-12-32)28-14-16-29(17-15-28)36-13-7-8-24-42-36/h1-26H. The monoisotopic (exact) mass is 578 g/mol. The molecule has 0 radical (unpaired) electrons. The van der Waals surface area contributed by atoms with Crippen LogP contribution >= 0.6 is 11.3 Å². The van der Waals surface area contributed by atoms with Gasteiger partial charge < -0.3 is 4.57 Å². The van der Waals surface area contributed by atoms with Crippen LogP contribution in [0.4, 0.5) is 0 Å². The molecular formula is C41H26N2S. The van der Waals surface area contributed by atoms with Gasteiger partial charge in [-0.1, -0.05) is 103 Å². The average molecular weight is 579 g/mol. The van der Waals surface area contributed by atoms with Crippen LogP contribution < -0.4 is 0 Å². The van der Waals surface area contributed by atoms with Crippen LogP contribution in [0.2, 0.25) is 0 Å². The molecule has 0 aliphatic carbocycles. The van der Waals surface area contributed by atoms with Crippen LogP contribution in [0.15, 0.2) is 158 Å². The predicted octanol–water partition coefficient (Wildman–Crippen LogP) is 11.5. The zero-order valence-electron chi connectivity index (χ0n) is 23.8. The second-order valence-electron chi connectivity index (χ2n) is 11.2. The van der Waals surface area contributed by atoms with Crippen LogP contribution in [0.3, 0.4) is 0 Å². The molecule has 0 fully saturated rings. The van der Waals surface area contributed by atoms with Gasteiger partial charge in [-0.05, 0) is 70.8 Å². The van der Waals surface area contributed by atoms with Gasteiger partial charge in [0.25, 0.3) is 0 Å². The third kappa shape index (κ3) is 3.98. The van der Waals surface area contributed by atoms with Gasteiger partial charge in [-0.3, -0.25) is 4.98 Å². The molecule has 0 amide bonds. The Kier molecular flexibility index (Phi) is 5.71. The number of aromatic nitrogens is 2. The van der Waals surface area contributed by atoms with Crippen LogP contribution in [-0.4, -0.2) is 9.55 Å². The van der Waals surface area contributed by atoms with Gasteiger partial charge in [-0.2, -0.15) is 0 Å². The Labute approximate surface area is 259 Å². The van der Waals surface area contributed by atoms with Crippen molar-refractivity contribution >= 4 is 53.3 Å². The lowest BCUT2D eigenvalue weighted by Crippen LogP contribution is -1.92. The summed E-state index contributed by atoms with van der Waals surface area (Å²) in [5.41, 5.74) is 10.6. The third-order valence-electron chi connectivity index (χ3n) is 8.67. The summed E-state index contributed by atoms with van der Waals surface area (Å²) in [5.74, 6) is 0. The SMILES string of the molecule is c1ccc(-c2ccc3c(c2)sc2c3ccc3c2c2cc(-c4ccc(-c5ccccn5)cc4)ccc2n3-c2ccccc2)cc1. The fourth-order valence-corrected chi connectivity index (χ4v) is 7.85. The Bertz CT molecular complexity index is 2460. The Hall–Kier alpha value is -5.51. The first-order valence-corrected chi connectivity index (χ1v) is 15.7.